The standard InChI is InChI=1S/C14H21NO/c16-11-9-14-8-4-5-10-15(14)12-13-6-2-1-3-7-13/h1-3,6-7,14,16H,4-5,8-12H2/t14-/m0/s1. The summed E-state index contributed by atoms with van der Waals surface area (Å²) >= 11 is 0. The average molecular weight is 219 g/mol. The summed E-state index contributed by atoms with van der Waals surface area (Å²) in [5, 5.41) is 9.08. The number of hydrogen-bond acceptors (Lipinski definition) is 2. The van der Waals surface area contributed by atoms with Gasteiger partial charge in [-0.3, -0.25) is 4.90 Å². The Kier molecular flexibility index (Phi) is 4.37. The first-order chi connectivity index (χ1) is 7.90. The first-order valence-electron chi connectivity index (χ1n) is 6.29. The van der Waals surface area contributed by atoms with Crippen LogP contribution >= 0.6 is 0 Å². The highest BCUT2D eigenvalue weighted by atomic mass is 16.3. The molecule has 16 heavy (non-hydrogen) atoms. The molecule has 0 bridgehead atoms. The molecule has 1 aliphatic heterocycles. The normalized spacial score (nSPS) is 22.2. The zero-order chi connectivity index (χ0) is 11.2. The van der Waals surface area contributed by atoms with E-state index in [4.69, 9.17) is 5.11 Å². The van der Waals surface area contributed by atoms with Crippen molar-refractivity contribution >= 4 is 0 Å². The Labute approximate surface area is 97.9 Å². The third-order valence-electron chi connectivity index (χ3n) is 3.44. The lowest BCUT2D eigenvalue weighted by Gasteiger charge is -2.35. The topological polar surface area (TPSA) is 23.5 Å². The molecule has 0 radical (unpaired) electrons. The van der Waals surface area contributed by atoms with Gasteiger partial charge in [-0.15, -0.1) is 0 Å². The van der Waals surface area contributed by atoms with Crippen LogP contribution in [0.5, 0.6) is 0 Å². The van der Waals surface area contributed by atoms with E-state index >= 15 is 0 Å². The molecule has 0 aromatic heterocycles. The van der Waals surface area contributed by atoms with Crippen LogP contribution in [0.1, 0.15) is 31.2 Å². The zero-order valence-corrected chi connectivity index (χ0v) is 9.81. The van der Waals surface area contributed by atoms with E-state index in [0.717, 1.165) is 13.0 Å². The second-order valence-electron chi connectivity index (χ2n) is 4.62. The fourth-order valence-corrected chi connectivity index (χ4v) is 2.56. The Balaban J connectivity index is 1.96. The SMILES string of the molecule is OCC[C@@H]1CCCCN1Cc1ccccc1. The van der Waals surface area contributed by atoms with Crippen molar-refractivity contribution in [3.05, 3.63) is 35.9 Å². The van der Waals surface area contributed by atoms with E-state index in [-0.39, 0.29) is 0 Å². The lowest BCUT2D eigenvalue weighted by molar-refractivity contribution is 0.112. The predicted molar refractivity (Wildman–Crippen MR) is 66.2 cm³/mol. The van der Waals surface area contributed by atoms with Gasteiger partial charge in [0.1, 0.15) is 0 Å². The van der Waals surface area contributed by atoms with E-state index in [1.165, 1.54) is 31.4 Å². The maximum atomic E-state index is 9.08. The number of piperidine rings is 1. The van der Waals surface area contributed by atoms with Crippen LogP contribution < -0.4 is 0 Å². The smallest absolute Gasteiger partial charge is 0.0445 e. The first-order valence-corrected chi connectivity index (χ1v) is 6.29. The van der Waals surface area contributed by atoms with Crippen molar-refractivity contribution in [1.82, 2.24) is 4.90 Å². The molecular formula is C14H21NO. The van der Waals surface area contributed by atoms with Crippen LogP contribution in [0.15, 0.2) is 30.3 Å². The van der Waals surface area contributed by atoms with Gasteiger partial charge in [-0.1, -0.05) is 36.8 Å². The highest BCUT2D eigenvalue weighted by Gasteiger charge is 2.21. The molecule has 1 fully saturated rings. The molecule has 2 nitrogen and oxygen atoms in total. The van der Waals surface area contributed by atoms with Crippen molar-refractivity contribution in [1.29, 1.82) is 0 Å². The van der Waals surface area contributed by atoms with Crippen LogP contribution in [0.3, 0.4) is 0 Å². The highest BCUT2D eigenvalue weighted by molar-refractivity contribution is 5.14. The number of rotatable bonds is 4. The third kappa shape index (κ3) is 3.06. The summed E-state index contributed by atoms with van der Waals surface area (Å²) in [5.74, 6) is 0. The van der Waals surface area contributed by atoms with E-state index in [9.17, 15) is 0 Å². The van der Waals surface area contributed by atoms with Gasteiger partial charge in [-0.25, -0.2) is 0 Å². The largest absolute Gasteiger partial charge is 0.396 e. The van der Waals surface area contributed by atoms with E-state index in [1.54, 1.807) is 0 Å². The number of nitrogens with zero attached hydrogens (tertiary/aromatic N) is 1. The van der Waals surface area contributed by atoms with Gasteiger partial charge in [0, 0.05) is 19.2 Å². The van der Waals surface area contributed by atoms with E-state index in [0.29, 0.717) is 12.6 Å². The van der Waals surface area contributed by atoms with Crippen molar-refractivity contribution < 1.29 is 5.11 Å². The van der Waals surface area contributed by atoms with Crippen molar-refractivity contribution in [2.75, 3.05) is 13.2 Å². The van der Waals surface area contributed by atoms with Gasteiger partial charge in [0.05, 0.1) is 0 Å². The number of aliphatic hydroxyl groups excluding tert-OH is 1. The quantitative estimate of drug-likeness (QED) is 0.840. The highest BCUT2D eigenvalue weighted by Crippen LogP contribution is 2.21. The van der Waals surface area contributed by atoms with Crippen molar-refractivity contribution in [2.24, 2.45) is 0 Å². The van der Waals surface area contributed by atoms with Gasteiger partial charge in [-0.2, -0.15) is 0 Å². The lowest BCUT2D eigenvalue weighted by Crippen LogP contribution is -2.39. The molecule has 0 amide bonds. The second kappa shape index (κ2) is 6.02. The molecule has 0 saturated carbocycles. The molecule has 1 N–H and O–H groups in total. The van der Waals surface area contributed by atoms with Crippen LogP contribution in [0.25, 0.3) is 0 Å². The molecule has 1 aromatic carbocycles. The number of likely N-dealkylation sites (tertiary alicyclic amines) is 1. The van der Waals surface area contributed by atoms with Gasteiger partial charge in [0.25, 0.3) is 0 Å². The molecule has 2 heteroatoms. The summed E-state index contributed by atoms with van der Waals surface area (Å²) in [7, 11) is 0. The Hall–Kier alpha value is -0.860. The van der Waals surface area contributed by atoms with E-state index < -0.39 is 0 Å². The fraction of sp³-hybridized carbons (Fsp3) is 0.571. The Bertz CT molecular complexity index is 297. The zero-order valence-electron chi connectivity index (χ0n) is 9.81. The number of aliphatic hydroxyl groups is 1. The molecule has 88 valence electrons. The van der Waals surface area contributed by atoms with E-state index in [1.807, 2.05) is 0 Å². The minimum Gasteiger partial charge on any atom is -0.396 e. The van der Waals surface area contributed by atoms with Crippen LogP contribution in [0.4, 0.5) is 0 Å². The Morgan fingerprint density at radius 1 is 1.19 bits per heavy atom. The number of hydrogen-bond donors (Lipinski definition) is 1. The minimum absolute atomic E-state index is 0.315. The monoisotopic (exact) mass is 219 g/mol. The first kappa shape index (κ1) is 11.6. The van der Waals surface area contributed by atoms with Gasteiger partial charge in [0.15, 0.2) is 0 Å². The van der Waals surface area contributed by atoms with Crippen molar-refractivity contribution in [3.63, 3.8) is 0 Å². The average Bonchev–Trinajstić information content (AvgIpc) is 2.33. The van der Waals surface area contributed by atoms with Crippen LogP contribution in [-0.2, 0) is 6.54 Å². The maximum absolute atomic E-state index is 9.08. The summed E-state index contributed by atoms with van der Waals surface area (Å²) in [6.07, 6.45) is 4.78. The fourth-order valence-electron chi connectivity index (χ4n) is 2.56. The van der Waals surface area contributed by atoms with Gasteiger partial charge in [0.2, 0.25) is 0 Å². The molecule has 2 rings (SSSR count). The summed E-state index contributed by atoms with van der Waals surface area (Å²) in [5.41, 5.74) is 1.38. The Morgan fingerprint density at radius 3 is 2.75 bits per heavy atom. The molecule has 0 unspecified atom stereocenters. The van der Waals surface area contributed by atoms with Gasteiger partial charge < -0.3 is 5.11 Å². The molecule has 1 aliphatic rings. The van der Waals surface area contributed by atoms with Crippen LogP contribution in [0.2, 0.25) is 0 Å². The third-order valence-corrected chi connectivity index (χ3v) is 3.44. The van der Waals surface area contributed by atoms with Gasteiger partial charge in [-0.05, 0) is 31.4 Å². The van der Waals surface area contributed by atoms with Crippen LogP contribution in [0, 0.1) is 0 Å². The summed E-state index contributed by atoms with van der Waals surface area (Å²) in [4.78, 5) is 2.52. The molecule has 1 saturated heterocycles. The summed E-state index contributed by atoms with van der Waals surface area (Å²) in [6.45, 7) is 2.53. The van der Waals surface area contributed by atoms with E-state index in [2.05, 4.69) is 35.2 Å². The molecule has 1 heterocycles. The lowest BCUT2D eigenvalue weighted by atomic mass is 9.99. The molecule has 1 aromatic rings. The maximum Gasteiger partial charge on any atom is 0.0445 e. The predicted octanol–water partition coefficient (Wildman–Crippen LogP) is 2.42. The summed E-state index contributed by atoms with van der Waals surface area (Å²) in [6, 6.07) is 11.2. The second-order valence-corrected chi connectivity index (χ2v) is 4.62. The van der Waals surface area contributed by atoms with Crippen LogP contribution in [-0.4, -0.2) is 29.2 Å². The molecular weight excluding hydrogens is 198 g/mol. The van der Waals surface area contributed by atoms with Gasteiger partial charge >= 0.3 is 0 Å². The van der Waals surface area contributed by atoms with Crippen molar-refractivity contribution in [2.45, 2.75) is 38.3 Å². The summed E-state index contributed by atoms with van der Waals surface area (Å²) < 4.78 is 0. The minimum atomic E-state index is 0.315. The number of benzene rings is 1. The van der Waals surface area contributed by atoms with Crippen molar-refractivity contribution in [3.8, 4) is 0 Å². The molecule has 1 atom stereocenters. The molecule has 0 spiro atoms. The molecule has 0 aliphatic carbocycles. The Morgan fingerprint density at radius 2 is 2.00 bits per heavy atom.